The topological polar surface area (TPSA) is 82.2 Å². The average Bonchev–Trinajstić information content (AvgIpc) is 3.15. The lowest BCUT2D eigenvalue weighted by atomic mass is 10.2. The van der Waals surface area contributed by atoms with Gasteiger partial charge in [0.25, 0.3) is 0 Å². The molecule has 28 heavy (non-hydrogen) atoms. The zero-order valence-corrected chi connectivity index (χ0v) is 16.1. The maximum atomic E-state index is 14.7. The number of ketones is 1. The number of Topliss-reactive ketones (excluding diaryl/α,β-unsaturated/α-hetero) is 1. The van der Waals surface area contributed by atoms with Crippen LogP contribution >= 0.6 is 0 Å². The van der Waals surface area contributed by atoms with Crippen molar-refractivity contribution in [1.29, 1.82) is 0 Å². The van der Waals surface area contributed by atoms with E-state index in [1.165, 1.54) is 17.9 Å². The maximum Gasteiger partial charge on any atom is 0.414 e. The molecule has 1 aromatic carbocycles. The first-order valence-electron chi connectivity index (χ1n) is 8.92. The average molecular weight is 390 g/mol. The molecule has 0 saturated carbocycles. The summed E-state index contributed by atoms with van der Waals surface area (Å²) >= 11 is 0. The van der Waals surface area contributed by atoms with Crippen molar-refractivity contribution in [3.63, 3.8) is 0 Å². The highest BCUT2D eigenvalue weighted by Gasteiger charge is 2.33. The molecule has 2 aliphatic rings. The van der Waals surface area contributed by atoms with Crippen LogP contribution in [0.3, 0.4) is 0 Å². The largest absolute Gasteiger partial charge is 0.442 e. The zero-order valence-electron chi connectivity index (χ0n) is 16.1. The summed E-state index contributed by atoms with van der Waals surface area (Å²) < 4.78 is 19.9. The van der Waals surface area contributed by atoms with Crippen LogP contribution in [0.1, 0.15) is 6.92 Å². The van der Waals surface area contributed by atoms with Gasteiger partial charge in [-0.15, -0.1) is 0 Å². The van der Waals surface area contributed by atoms with Gasteiger partial charge >= 0.3 is 6.09 Å². The Labute approximate surface area is 162 Å². The molecule has 2 amide bonds. The number of nitrogens with one attached hydrogen (secondary N) is 1. The molecule has 1 atom stereocenters. The zero-order chi connectivity index (χ0) is 20.4. The first kappa shape index (κ1) is 19.7. The minimum Gasteiger partial charge on any atom is -0.442 e. The van der Waals surface area contributed by atoms with Crippen molar-refractivity contribution in [1.82, 2.24) is 10.2 Å². The third-order valence-electron chi connectivity index (χ3n) is 4.50. The number of hydrogen-bond donors (Lipinski definition) is 1. The predicted molar refractivity (Wildman–Crippen MR) is 102 cm³/mol. The summed E-state index contributed by atoms with van der Waals surface area (Å²) in [5.41, 5.74) is 1.30. The molecule has 0 radical (unpaired) electrons. The Kier molecular flexibility index (Phi) is 5.53. The molecule has 1 aromatic rings. The molecule has 2 saturated heterocycles. The number of anilines is 2. The van der Waals surface area contributed by atoms with Gasteiger partial charge in [0.2, 0.25) is 5.91 Å². The summed E-state index contributed by atoms with van der Waals surface area (Å²) in [5, 5.41) is 2.60. The fraction of sp³-hybridized carbons (Fsp3) is 0.421. The molecule has 150 valence electrons. The van der Waals surface area contributed by atoms with Crippen molar-refractivity contribution in [2.45, 2.75) is 13.0 Å². The third kappa shape index (κ3) is 4.24. The van der Waals surface area contributed by atoms with E-state index >= 15 is 0 Å². The Morgan fingerprint density at radius 3 is 2.75 bits per heavy atom. The third-order valence-corrected chi connectivity index (χ3v) is 4.50. The molecular formula is C19H23FN4O4. The fourth-order valence-electron chi connectivity index (χ4n) is 3.24. The Morgan fingerprint density at radius 2 is 2.11 bits per heavy atom. The highest BCUT2D eigenvalue weighted by Crippen LogP contribution is 2.30. The van der Waals surface area contributed by atoms with Gasteiger partial charge in [-0.1, -0.05) is 0 Å². The minimum atomic E-state index is -0.588. The number of carbonyl (C=O) groups excluding carboxylic acids is 3. The number of rotatable bonds is 5. The van der Waals surface area contributed by atoms with Crippen LogP contribution in [0.5, 0.6) is 0 Å². The number of ether oxygens (including phenoxy) is 1. The van der Waals surface area contributed by atoms with Gasteiger partial charge in [-0.2, -0.15) is 0 Å². The van der Waals surface area contributed by atoms with E-state index in [4.69, 9.17) is 4.74 Å². The van der Waals surface area contributed by atoms with E-state index in [1.807, 2.05) is 14.1 Å². The monoisotopic (exact) mass is 390 g/mol. The minimum absolute atomic E-state index is 0.0406. The maximum absolute atomic E-state index is 14.7. The first-order chi connectivity index (χ1) is 13.2. The molecule has 2 fully saturated rings. The van der Waals surface area contributed by atoms with Crippen LogP contribution in [0, 0.1) is 5.82 Å². The van der Waals surface area contributed by atoms with E-state index in [1.54, 1.807) is 28.1 Å². The summed E-state index contributed by atoms with van der Waals surface area (Å²) in [6.45, 7) is 2.24. The normalized spacial score (nSPS) is 20.7. The molecule has 0 bridgehead atoms. The van der Waals surface area contributed by atoms with Gasteiger partial charge in [0.1, 0.15) is 11.9 Å². The van der Waals surface area contributed by atoms with E-state index in [9.17, 15) is 18.8 Å². The van der Waals surface area contributed by atoms with Crippen molar-refractivity contribution >= 4 is 29.2 Å². The fourth-order valence-corrected chi connectivity index (χ4v) is 3.24. The van der Waals surface area contributed by atoms with Crippen molar-refractivity contribution in [3.8, 4) is 0 Å². The molecule has 3 rings (SSSR count). The van der Waals surface area contributed by atoms with Crippen LogP contribution in [0.4, 0.5) is 20.6 Å². The van der Waals surface area contributed by atoms with Crippen molar-refractivity contribution in [3.05, 3.63) is 35.8 Å². The van der Waals surface area contributed by atoms with Gasteiger partial charge < -0.3 is 19.9 Å². The molecule has 1 unspecified atom stereocenters. The van der Waals surface area contributed by atoms with Crippen LogP contribution in [0.25, 0.3) is 0 Å². The smallest absolute Gasteiger partial charge is 0.414 e. The summed E-state index contributed by atoms with van der Waals surface area (Å²) in [6.07, 6.45) is 0.661. The number of amides is 2. The first-order valence-corrected chi connectivity index (χ1v) is 8.92. The van der Waals surface area contributed by atoms with Gasteiger partial charge in [-0.05, 0) is 18.2 Å². The molecule has 2 heterocycles. The predicted octanol–water partition coefficient (Wildman–Crippen LogP) is 1.12. The Morgan fingerprint density at radius 1 is 1.36 bits per heavy atom. The number of cyclic esters (lactones) is 1. The van der Waals surface area contributed by atoms with Crippen LogP contribution in [-0.2, 0) is 14.3 Å². The summed E-state index contributed by atoms with van der Waals surface area (Å²) in [6, 6.07) is 4.44. The highest BCUT2D eigenvalue weighted by molar-refractivity contribution is 6.02. The highest BCUT2D eigenvalue weighted by atomic mass is 19.1. The molecule has 1 N–H and O–H groups in total. The second kappa shape index (κ2) is 7.87. The molecule has 0 aliphatic carbocycles. The second-order valence-electron chi connectivity index (χ2n) is 7.09. The number of benzene rings is 1. The van der Waals surface area contributed by atoms with E-state index in [2.05, 4.69) is 5.32 Å². The van der Waals surface area contributed by atoms with Crippen LogP contribution in [0.15, 0.2) is 30.0 Å². The van der Waals surface area contributed by atoms with E-state index < -0.39 is 18.0 Å². The lowest BCUT2D eigenvalue weighted by Gasteiger charge is -2.20. The van der Waals surface area contributed by atoms with Crippen molar-refractivity contribution < 1.29 is 23.5 Å². The van der Waals surface area contributed by atoms with Gasteiger partial charge in [0, 0.05) is 39.3 Å². The Balaban J connectivity index is 1.72. The molecule has 8 nitrogen and oxygen atoms in total. The summed E-state index contributed by atoms with van der Waals surface area (Å²) in [5.74, 6) is -0.775. The van der Waals surface area contributed by atoms with Crippen molar-refractivity contribution in [2.75, 3.05) is 50.1 Å². The SMILES string of the molecule is CC(=O)NCC1CN(c2ccc(N3CC(=O)/C(=C/N(C)C)C3)c(F)c2)C(=O)O1. The molecule has 2 aliphatic heterocycles. The number of carbonyl (C=O) groups is 3. The van der Waals surface area contributed by atoms with E-state index in [-0.39, 0.29) is 31.3 Å². The molecular weight excluding hydrogens is 367 g/mol. The lowest BCUT2D eigenvalue weighted by Crippen LogP contribution is -2.33. The lowest BCUT2D eigenvalue weighted by molar-refractivity contribution is -0.119. The summed E-state index contributed by atoms with van der Waals surface area (Å²) in [4.78, 5) is 40.0. The number of hydrogen-bond acceptors (Lipinski definition) is 6. The standard InChI is InChI=1S/C19H23FN4O4/c1-12(25)21-7-15-10-24(19(27)28-15)14-4-5-17(16(20)6-14)23-9-13(8-22(2)3)18(26)11-23/h4-6,8,15H,7,9-11H2,1-3H3,(H,21,25)/b13-8+. The molecule has 0 aromatic heterocycles. The van der Waals surface area contributed by atoms with Crippen molar-refractivity contribution in [2.24, 2.45) is 0 Å². The van der Waals surface area contributed by atoms with Gasteiger partial charge in [-0.25, -0.2) is 9.18 Å². The van der Waals surface area contributed by atoms with Crippen LogP contribution in [0.2, 0.25) is 0 Å². The number of halogens is 1. The Hall–Kier alpha value is -3.10. The molecule has 9 heteroatoms. The van der Waals surface area contributed by atoms with Gasteiger partial charge in [-0.3, -0.25) is 14.5 Å². The number of nitrogens with zero attached hydrogens (tertiary/aromatic N) is 3. The summed E-state index contributed by atoms with van der Waals surface area (Å²) in [7, 11) is 3.65. The Bertz CT molecular complexity index is 839. The van der Waals surface area contributed by atoms with Gasteiger partial charge in [0.15, 0.2) is 5.78 Å². The van der Waals surface area contributed by atoms with Crippen LogP contribution in [-0.4, -0.2) is 69.1 Å². The second-order valence-corrected chi connectivity index (χ2v) is 7.09. The van der Waals surface area contributed by atoms with Crippen LogP contribution < -0.4 is 15.1 Å². The molecule has 0 spiro atoms. The van der Waals surface area contributed by atoms with E-state index in [0.29, 0.717) is 23.5 Å². The van der Waals surface area contributed by atoms with E-state index in [0.717, 1.165) is 0 Å². The van der Waals surface area contributed by atoms with Gasteiger partial charge in [0.05, 0.1) is 31.0 Å². The quantitative estimate of drug-likeness (QED) is 0.759.